The van der Waals surface area contributed by atoms with Gasteiger partial charge in [0, 0.05) is 50.4 Å². The molecule has 0 unspecified atom stereocenters. The van der Waals surface area contributed by atoms with E-state index in [1.165, 1.54) is 0 Å². The van der Waals surface area contributed by atoms with Gasteiger partial charge in [-0.1, -0.05) is 18.2 Å². The smallest absolute Gasteiger partial charge is 0.274 e. The number of carbonyl (C=O) groups is 1. The van der Waals surface area contributed by atoms with Gasteiger partial charge in [-0.25, -0.2) is 9.97 Å². The van der Waals surface area contributed by atoms with Crippen LogP contribution in [0.25, 0.3) is 16.6 Å². The molecule has 1 fully saturated rings. The van der Waals surface area contributed by atoms with E-state index in [2.05, 4.69) is 20.5 Å². The molecule has 0 spiro atoms. The van der Waals surface area contributed by atoms with Gasteiger partial charge in [0.1, 0.15) is 17.9 Å². The van der Waals surface area contributed by atoms with Crippen LogP contribution in [-0.4, -0.2) is 74.3 Å². The maximum atomic E-state index is 13.1. The summed E-state index contributed by atoms with van der Waals surface area (Å²) in [6, 6.07) is 17.3. The maximum absolute atomic E-state index is 13.1. The Hall–Kier alpha value is -4.28. The second kappa shape index (κ2) is 10.6. The number of aryl methyl sites for hydroxylation is 1. The van der Waals surface area contributed by atoms with Crippen molar-refractivity contribution in [2.75, 3.05) is 44.6 Å². The summed E-state index contributed by atoms with van der Waals surface area (Å²) in [5.74, 6) is 0.391. The Balaban J connectivity index is 1.18. The zero-order valence-corrected chi connectivity index (χ0v) is 21.3. The number of nitrogens with zero attached hydrogens (tertiary/aromatic N) is 6. The molecule has 0 atom stereocenters. The quantitative estimate of drug-likeness (QED) is 0.331. The lowest BCUT2D eigenvalue weighted by Gasteiger charge is -2.26. The highest BCUT2D eigenvalue weighted by Crippen LogP contribution is 2.28. The zero-order valence-electron chi connectivity index (χ0n) is 21.3. The first-order valence-electron chi connectivity index (χ1n) is 12.9. The molecule has 5 heterocycles. The molecule has 1 saturated heterocycles. The fraction of sp³-hybridized carbons (Fsp3) is 0.286. The van der Waals surface area contributed by atoms with Crippen molar-refractivity contribution in [3.63, 3.8) is 0 Å². The molecule has 10 heteroatoms. The SMILES string of the molecule is Cc1nn(Cc2cccc(OCCN3CCNCC3)n2)c2cccc(NC(=O)c3cnc4ccccn34)c12. The summed E-state index contributed by atoms with van der Waals surface area (Å²) in [4.78, 5) is 24.6. The number of benzene rings is 1. The van der Waals surface area contributed by atoms with E-state index in [4.69, 9.17) is 14.8 Å². The molecule has 1 aromatic carbocycles. The molecule has 5 aromatic rings. The minimum absolute atomic E-state index is 0.226. The van der Waals surface area contributed by atoms with Crippen LogP contribution in [0.3, 0.4) is 0 Å². The van der Waals surface area contributed by atoms with Crippen LogP contribution in [0.4, 0.5) is 5.69 Å². The number of hydrogen-bond donors (Lipinski definition) is 2. The molecule has 4 aromatic heterocycles. The standard InChI is InChI=1S/C28H30N8O2/c1-20-27-22(32-28(37)24-18-30-25-9-2-3-13-35(24)25)7-5-8-23(27)36(33-20)19-21-6-4-10-26(31-21)38-17-16-34-14-11-29-12-15-34/h2-10,13,18,29H,11-12,14-17,19H2,1H3,(H,32,37). The number of piperazine rings is 1. The van der Waals surface area contributed by atoms with Crippen LogP contribution >= 0.6 is 0 Å². The Labute approximate surface area is 220 Å². The lowest BCUT2D eigenvalue weighted by atomic mass is 10.1. The highest BCUT2D eigenvalue weighted by atomic mass is 16.5. The first-order chi connectivity index (χ1) is 18.7. The van der Waals surface area contributed by atoms with Crippen molar-refractivity contribution in [3.8, 4) is 5.88 Å². The minimum atomic E-state index is -0.226. The topological polar surface area (TPSA) is 102 Å². The van der Waals surface area contributed by atoms with Gasteiger partial charge in [-0.05, 0) is 37.3 Å². The van der Waals surface area contributed by atoms with E-state index in [1.807, 2.05) is 72.4 Å². The van der Waals surface area contributed by atoms with Crippen molar-refractivity contribution in [3.05, 3.63) is 84.1 Å². The van der Waals surface area contributed by atoms with Crippen molar-refractivity contribution >= 4 is 28.1 Å². The third-order valence-corrected chi connectivity index (χ3v) is 6.81. The van der Waals surface area contributed by atoms with Crippen molar-refractivity contribution in [1.29, 1.82) is 0 Å². The van der Waals surface area contributed by atoms with Gasteiger partial charge in [0.2, 0.25) is 5.88 Å². The highest BCUT2D eigenvalue weighted by Gasteiger charge is 2.17. The molecule has 38 heavy (non-hydrogen) atoms. The van der Waals surface area contributed by atoms with E-state index in [-0.39, 0.29) is 5.91 Å². The van der Waals surface area contributed by atoms with Crippen LogP contribution in [0, 0.1) is 6.92 Å². The van der Waals surface area contributed by atoms with Gasteiger partial charge in [0.05, 0.1) is 35.3 Å². The van der Waals surface area contributed by atoms with Gasteiger partial charge in [-0.15, -0.1) is 0 Å². The number of aromatic nitrogens is 5. The van der Waals surface area contributed by atoms with Gasteiger partial charge in [-0.3, -0.25) is 18.8 Å². The average Bonchev–Trinajstić information content (AvgIpc) is 3.51. The summed E-state index contributed by atoms with van der Waals surface area (Å²) in [5.41, 5.74) is 4.51. The van der Waals surface area contributed by atoms with Crippen LogP contribution in [0.1, 0.15) is 21.9 Å². The number of anilines is 1. The molecule has 1 amide bonds. The Morgan fingerprint density at radius 3 is 2.84 bits per heavy atom. The molecule has 194 valence electrons. The van der Waals surface area contributed by atoms with Crippen LogP contribution in [0.5, 0.6) is 5.88 Å². The summed E-state index contributed by atoms with van der Waals surface area (Å²) in [7, 11) is 0. The lowest BCUT2D eigenvalue weighted by molar-refractivity contribution is 0.102. The first kappa shape index (κ1) is 24.1. The first-order valence-corrected chi connectivity index (χ1v) is 12.9. The molecular weight excluding hydrogens is 480 g/mol. The zero-order chi connectivity index (χ0) is 25.9. The minimum Gasteiger partial charge on any atom is -0.476 e. The predicted octanol–water partition coefficient (Wildman–Crippen LogP) is 2.97. The fourth-order valence-electron chi connectivity index (χ4n) is 4.93. The Morgan fingerprint density at radius 2 is 1.95 bits per heavy atom. The molecule has 1 aliphatic rings. The van der Waals surface area contributed by atoms with Crippen LogP contribution in [0.15, 0.2) is 67.0 Å². The lowest BCUT2D eigenvalue weighted by Crippen LogP contribution is -2.44. The Kier molecular flexibility index (Phi) is 6.72. The molecule has 0 bridgehead atoms. The van der Waals surface area contributed by atoms with Gasteiger partial charge in [0.25, 0.3) is 5.91 Å². The van der Waals surface area contributed by atoms with E-state index in [0.717, 1.165) is 60.7 Å². The summed E-state index contributed by atoms with van der Waals surface area (Å²) in [5, 5.41) is 12.1. The molecular formula is C28H30N8O2. The maximum Gasteiger partial charge on any atom is 0.274 e. The summed E-state index contributed by atoms with van der Waals surface area (Å²) < 4.78 is 9.64. The van der Waals surface area contributed by atoms with Gasteiger partial charge in [0.15, 0.2) is 0 Å². The Bertz CT molecular complexity index is 1580. The molecule has 10 nitrogen and oxygen atoms in total. The van der Waals surface area contributed by atoms with E-state index in [0.29, 0.717) is 30.4 Å². The number of amides is 1. The van der Waals surface area contributed by atoms with E-state index < -0.39 is 0 Å². The molecule has 1 aliphatic heterocycles. The van der Waals surface area contributed by atoms with E-state index >= 15 is 0 Å². The number of carbonyl (C=O) groups excluding carboxylic acids is 1. The third kappa shape index (κ3) is 4.96. The number of nitrogens with one attached hydrogen (secondary N) is 2. The average molecular weight is 511 g/mol. The van der Waals surface area contributed by atoms with Crippen LogP contribution in [-0.2, 0) is 6.54 Å². The van der Waals surface area contributed by atoms with Crippen molar-refractivity contribution in [2.45, 2.75) is 13.5 Å². The number of pyridine rings is 2. The number of fused-ring (bicyclic) bond motifs is 2. The van der Waals surface area contributed by atoms with Gasteiger partial charge >= 0.3 is 0 Å². The summed E-state index contributed by atoms with van der Waals surface area (Å²) >= 11 is 0. The number of rotatable bonds is 8. The van der Waals surface area contributed by atoms with E-state index in [9.17, 15) is 4.79 Å². The molecule has 2 N–H and O–H groups in total. The van der Waals surface area contributed by atoms with Crippen molar-refractivity contribution < 1.29 is 9.53 Å². The second-order valence-corrected chi connectivity index (χ2v) is 9.38. The largest absolute Gasteiger partial charge is 0.476 e. The summed E-state index contributed by atoms with van der Waals surface area (Å²) in [6.45, 7) is 8.08. The fourth-order valence-corrected chi connectivity index (χ4v) is 4.93. The predicted molar refractivity (Wildman–Crippen MR) is 146 cm³/mol. The molecule has 6 rings (SSSR count). The normalized spacial score (nSPS) is 14.2. The van der Waals surface area contributed by atoms with Crippen LogP contribution < -0.4 is 15.4 Å². The molecule has 0 saturated carbocycles. The van der Waals surface area contributed by atoms with Crippen molar-refractivity contribution in [1.82, 2.24) is 34.4 Å². The van der Waals surface area contributed by atoms with Crippen molar-refractivity contribution in [2.24, 2.45) is 0 Å². The van der Waals surface area contributed by atoms with Crippen LogP contribution in [0.2, 0.25) is 0 Å². The Morgan fingerprint density at radius 1 is 1.08 bits per heavy atom. The third-order valence-electron chi connectivity index (χ3n) is 6.81. The van der Waals surface area contributed by atoms with Gasteiger partial charge < -0.3 is 15.4 Å². The molecule has 0 radical (unpaired) electrons. The number of ether oxygens (including phenoxy) is 1. The molecule has 0 aliphatic carbocycles. The highest BCUT2D eigenvalue weighted by molar-refractivity contribution is 6.08. The summed E-state index contributed by atoms with van der Waals surface area (Å²) in [6.07, 6.45) is 3.42. The van der Waals surface area contributed by atoms with E-state index in [1.54, 1.807) is 10.6 Å². The monoisotopic (exact) mass is 510 g/mol. The number of hydrogen-bond acceptors (Lipinski definition) is 7. The number of imidazole rings is 1. The van der Waals surface area contributed by atoms with Gasteiger partial charge in [-0.2, -0.15) is 5.10 Å². The second-order valence-electron chi connectivity index (χ2n) is 9.38.